The maximum Gasteiger partial charge on any atom is 0.252 e. The fourth-order valence-electron chi connectivity index (χ4n) is 2.64. The molecule has 2 rings (SSSR count). The first-order valence-electron chi connectivity index (χ1n) is 6.88. The Morgan fingerprint density at radius 1 is 1.36 bits per heavy atom. The van der Waals surface area contributed by atoms with Crippen LogP contribution in [-0.2, 0) is 16.2 Å². The van der Waals surface area contributed by atoms with E-state index in [0.29, 0.717) is 18.5 Å². The number of nitrogens with zero attached hydrogens (tertiary/aromatic N) is 1. The summed E-state index contributed by atoms with van der Waals surface area (Å²) in [6.45, 7) is 2.65. The molecule has 0 spiro atoms. The van der Waals surface area contributed by atoms with Gasteiger partial charge in [-0.25, -0.2) is 5.06 Å². The summed E-state index contributed by atoms with van der Waals surface area (Å²) >= 11 is 21.2. The van der Waals surface area contributed by atoms with Gasteiger partial charge in [-0.05, 0) is 5.56 Å². The summed E-state index contributed by atoms with van der Waals surface area (Å²) in [6, 6.07) is 9.69. The fraction of sp³-hybridized carbons (Fsp3) is 0.533. The standard InChI is InChI=1S/C15H17BrCl3NO2/c1-14(10-15(17,18)19)12(7-16)8-20(13(14)21)22-9-11-5-3-2-4-6-11/h2-6,12H,7-10H2,1H3/t12-,14+/m1/s1. The van der Waals surface area contributed by atoms with Crippen molar-refractivity contribution in [3.63, 3.8) is 0 Å². The predicted octanol–water partition coefficient (Wildman–Crippen LogP) is 4.74. The van der Waals surface area contributed by atoms with E-state index in [4.69, 9.17) is 39.6 Å². The molecule has 0 unspecified atom stereocenters. The van der Waals surface area contributed by atoms with Crippen molar-refractivity contribution in [2.75, 3.05) is 11.9 Å². The monoisotopic (exact) mass is 427 g/mol. The molecule has 7 heteroatoms. The molecule has 0 saturated carbocycles. The first-order valence-corrected chi connectivity index (χ1v) is 9.13. The third-order valence-electron chi connectivity index (χ3n) is 3.99. The van der Waals surface area contributed by atoms with E-state index in [-0.39, 0.29) is 18.2 Å². The van der Waals surface area contributed by atoms with Crippen LogP contribution >= 0.6 is 50.7 Å². The summed E-state index contributed by atoms with van der Waals surface area (Å²) in [5, 5.41) is 2.04. The second-order valence-electron chi connectivity index (χ2n) is 5.69. The van der Waals surface area contributed by atoms with Crippen LogP contribution in [0.2, 0.25) is 0 Å². The molecule has 0 aromatic heterocycles. The van der Waals surface area contributed by atoms with Gasteiger partial charge in [-0.15, -0.1) is 0 Å². The minimum Gasteiger partial charge on any atom is -0.272 e. The van der Waals surface area contributed by atoms with Crippen molar-refractivity contribution in [1.29, 1.82) is 0 Å². The van der Waals surface area contributed by atoms with Gasteiger partial charge in [0.05, 0.1) is 12.0 Å². The zero-order chi connectivity index (χ0) is 16.4. The second kappa shape index (κ2) is 7.27. The van der Waals surface area contributed by atoms with Crippen LogP contribution < -0.4 is 0 Å². The third kappa shape index (κ3) is 4.30. The number of carbonyl (C=O) groups excluding carboxylic acids is 1. The molecule has 3 nitrogen and oxygen atoms in total. The van der Waals surface area contributed by atoms with Crippen molar-refractivity contribution < 1.29 is 9.63 Å². The molecule has 1 saturated heterocycles. The highest BCUT2D eigenvalue weighted by atomic mass is 79.9. The van der Waals surface area contributed by atoms with E-state index in [1.54, 1.807) is 0 Å². The molecule has 2 atom stereocenters. The Morgan fingerprint density at radius 2 is 2.00 bits per heavy atom. The summed E-state index contributed by atoms with van der Waals surface area (Å²) in [4.78, 5) is 18.4. The van der Waals surface area contributed by atoms with Gasteiger partial charge in [0.1, 0.15) is 6.61 Å². The first-order chi connectivity index (χ1) is 10.3. The van der Waals surface area contributed by atoms with Gasteiger partial charge in [-0.2, -0.15) is 0 Å². The van der Waals surface area contributed by atoms with Crippen LogP contribution in [-0.4, -0.2) is 26.6 Å². The lowest BCUT2D eigenvalue weighted by Crippen LogP contribution is -2.37. The van der Waals surface area contributed by atoms with E-state index in [1.165, 1.54) is 5.06 Å². The van der Waals surface area contributed by atoms with Gasteiger partial charge >= 0.3 is 0 Å². The number of hydrogen-bond acceptors (Lipinski definition) is 2. The van der Waals surface area contributed by atoms with Crippen molar-refractivity contribution in [3.05, 3.63) is 35.9 Å². The lowest BCUT2D eigenvalue weighted by atomic mass is 9.78. The van der Waals surface area contributed by atoms with Crippen LogP contribution in [0.5, 0.6) is 0 Å². The number of amides is 1. The van der Waals surface area contributed by atoms with E-state index >= 15 is 0 Å². The summed E-state index contributed by atoms with van der Waals surface area (Å²) in [5.41, 5.74) is 0.242. The molecule has 122 valence electrons. The summed E-state index contributed by atoms with van der Waals surface area (Å²) in [7, 11) is 0. The normalized spacial score (nSPS) is 25.8. The second-order valence-corrected chi connectivity index (χ2v) is 8.85. The van der Waals surface area contributed by atoms with E-state index in [1.807, 2.05) is 37.3 Å². The number of alkyl halides is 4. The van der Waals surface area contributed by atoms with Crippen LogP contribution in [0.15, 0.2) is 30.3 Å². The van der Waals surface area contributed by atoms with E-state index < -0.39 is 9.21 Å². The maximum atomic E-state index is 12.7. The van der Waals surface area contributed by atoms with E-state index in [0.717, 1.165) is 5.56 Å². The Bertz CT molecular complexity index is 523. The quantitative estimate of drug-likeness (QED) is 0.633. The Balaban J connectivity index is 2.07. The molecule has 1 aromatic rings. The lowest BCUT2D eigenvalue weighted by molar-refractivity contribution is -0.187. The number of hydrogen-bond donors (Lipinski definition) is 0. The van der Waals surface area contributed by atoms with Crippen LogP contribution in [0, 0.1) is 11.3 Å². The summed E-state index contributed by atoms with van der Waals surface area (Å²) < 4.78 is -1.47. The zero-order valence-electron chi connectivity index (χ0n) is 12.1. The average molecular weight is 430 g/mol. The Labute approximate surface area is 153 Å². The number of benzene rings is 1. The molecule has 1 fully saturated rings. The highest BCUT2D eigenvalue weighted by Gasteiger charge is 2.53. The fourth-order valence-corrected chi connectivity index (χ4v) is 4.39. The molecule has 0 aliphatic carbocycles. The largest absolute Gasteiger partial charge is 0.272 e. The van der Waals surface area contributed by atoms with E-state index in [2.05, 4.69) is 15.9 Å². The van der Waals surface area contributed by atoms with Crippen molar-refractivity contribution in [2.24, 2.45) is 11.3 Å². The number of hydroxylamine groups is 2. The highest BCUT2D eigenvalue weighted by molar-refractivity contribution is 9.09. The molecule has 0 radical (unpaired) electrons. The SMILES string of the molecule is C[C@@]1(CC(Cl)(Cl)Cl)C(=O)N(OCc2ccccc2)C[C@H]1CBr. The van der Waals surface area contributed by atoms with Gasteiger partial charge in [0.25, 0.3) is 5.91 Å². The first kappa shape index (κ1) is 18.3. The van der Waals surface area contributed by atoms with Crippen molar-refractivity contribution in [1.82, 2.24) is 5.06 Å². The minimum atomic E-state index is -1.47. The lowest BCUT2D eigenvalue weighted by Gasteiger charge is -2.30. The Kier molecular flexibility index (Phi) is 6.06. The highest BCUT2D eigenvalue weighted by Crippen LogP contribution is 2.48. The van der Waals surface area contributed by atoms with E-state index in [9.17, 15) is 4.79 Å². The van der Waals surface area contributed by atoms with Crippen molar-refractivity contribution >= 4 is 56.6 Å². The molecule has 0 bridgehead atoms. The van der Waals surface area contributed by atoms with Gasteiger partial charge in [0, 0.05) is 17.7 Å². The molecule has 1 heterocycles. The molecular weight excluding hydrogens is 412 g/mol. The molecule has 22 heavy (non-hydrogen) atoms. The van der Waals surface area contributed by atoms with Crippen LogP contribution in [0.1, 0.15) is 18.9 Å². The molecule has 1 aromatic carbocycles. The predicted molar refractivity (Wildman–Crippen MR) is 93.2 cm³/mol. The van der Waals surface area contributed by atoms with Gasteiger partial charge in [-0.1, -0.05) is 88.0 Å². The Hall–Kier alpha value is -0.000000000000000222. The molecule has 1 aliphatic rings. The van der Waals surface area contributed by atoms with Gasteiger partial charge < -0.3 is 0 Å². The number of halogens is 4. The maximum absolute atomic E-state index is 12.7. The van der Waals surface area contributed by atoms with Crippen LogP contribution in [0.3, 0.4) is 0 Å². The van der Waals surface area contributed by atoms with Gasteiger partial charge in [-0.3, -0.25) is 9.63 Å². The molecular formula is C15H17BrCl3NO2. The Morgan fingerprint density at radius 3 is 2.55 bits per heavy atom. The van der Waals surface area contributed by atoms with Gasteiger partial charge in [0.15, 0.2) is 3.79 Å². The smallest absolute Gasteiger partial charge is 0.252 e. The topological polar surface area (TPSA) is 29.5 Å². The third-order valence-corrected chi connectivity index (χ3v) is 5.17. The minimum absolute atomic E-state index is 0.0198. The molecule has 1 aliphatic heterocycles. The molecule has 1 amide bonds. The van der Waals surface area contributed by atoms with Crippen LogP contribution in [0.4, 0.5) is 0 Å². The van der Waals surface area contributed by atoms with Crippen molar-refractivity contribution in [2.45, 2.75) is 23.7 Å². The van der Waals surface area contributed by atoms with Gasteiger partial charge in [0.2, 0.25) is 0 Å². The number of carbonyl (C=O) groups is 1. The molecule has 0 N–H and O–H groups in total. The average Bonchev–Trinajstić information content (AvgIpc) is 2.68. The van der Waals surface area contributed by atoms with Crippen LogP contribution in [0.25, 0.3) is 0 Å². The van der Waals surface area contributed by atoms with Crippen molar-refractivity contribution in [3.8, 4) is 0 Å². The zero-order valence-corrected chi connectivity index (χ0v) is 15.9. The summed E-state index contributed by atoms with van der Waals surface area (Å²) in [5.74, 6) is -0.120. The summed E-state index contributed by atoms with van der Waals surface area (Å²) in [6.07, 6.45) is 0.158. The number of rotatable bonds is 5.